The SMILES string of the molecule is CC(C)(N)CC(=O)N1CCN(S(N)(=O)=O)CC1. The molecule has 1 rings (SSSR count). The average molecular weight is 264 g/mol. The Balaban J connectivity index is 2.50. The summed E-state index contributed by atoms with van der Waals surface area (Å²) in [4.78, 5) is 13.4. The Labute approximate surface area is 102 Å². The van der Waals surface area contributed by atoms with E-state index >= 15 is 0 Å². The highest BCUT2D eigenvalue weighted by Crippen LogP contribution is 2.10. The van der Waals surface area contributed by atoms with E-state index in [9.17, 15) is 13.2 Å². The summed E-state index contributed by atoms with van der Waals surface area (Å²) < 4.78 is 23.3. The molecule has 0 aromatic heterocycles. The first kappa shape index (κ1) is 14.4. The average Bonchev–Trinajstić information content (AvgIpc) is 2.14. The molecule has 1 aliphatic heterocycles. The number of rotatable bonds is 3. The van der Waals surface area contributed by atoms with Crippen LogP contribution in [0.25, 0.3) is 0 Å². The smallest absolute Gasteiger partial charge is 0.277 e. The van der Waals surface area contributed by atoms with Crippen LogP contribution < -0.4 is 10.9 Å². The highest BCUT2D eigenvalue weighted by Gasteiger charge is 2.28. The molecular weight excluding hydrogens is 244 g/mol. The third-order valence-corrected chi connectivity index (χ3v) is 3.64. The van der Waals surface area contributed by atoms with Gasteiger partial charge < -0.3 is 10.6 Å². The molecule has 0 unspecified atom stereocenters. The Kier molecular flexibility index (Phi) is 4.13. The van der Waals surface area contributed by atoms with Crippen molar-refractivity contribution in [2.24, 2.45) is 10.9 Å². The topological polar surface area (TPSA) is 110 Å². The number of carbonyl (C=O) groups excluding carboxylic acids is 1. The molecule has 0 aliphatic carbocycles. The van der Waals surface area contributed by atoms with Crippen molar-refractivity contribution in [2.75, 3.05) is 26.2 Å². The molecule has 8 heteroatoms. The van der Waals surface area contributed by atoms with Gasteiger partial charge in [-0.1, -0.05) is 0 Å². The van der Waals surface area contributed by atoms with E-state index in [0.717, 1.165) is 0 Å². The molecule has 1 fully saturated rings. The van der Waals surface area contributed by atoms with Crippen LogP contribution in [0.5, 0.6) is 0 Å². The van der Waals surface area contributed by atoms with E-state index in [1.807, 2.05) is 0 Å². The van der Waals surface area contributed by atoms with Gasteiger partial charge in [0.05, 0.1) is 0 Å². The molecule has 0 spiro atoms. The van der Waals surface area contributed by atoms with Gasteiger partial charge in [-0.3, -0.25) is 4.79 Å². The van der Waals surface area contributed by atoms with E-state index in [4.69, 9.17) is 10.9 Å². The number of piperazine rings is 1. The molecule has 1 saturated heterocycles. The van der Waals surface area contributed by atoms with Crippen LogP contribution in [0, 0.1) is 0 Å². The zero-order valence-electron chi connectivity index (χ0n) is 10.2. The first-order chi connectivity index (χ1) is 7.59. The molecule has 0 atom stereocenters. The van der Waals surface area contributed by atoms with E-state index in [0.29, 0.717) is 13.1 Å². The lowest BCUT2D eigenvalue weighted by molar-refractivity contribution is -0.133. The molecular formula is C9H20N4O3S. The summed E-state index contributed by atoms with van der Waals surface area (Å²) in [7, 11) is -3.64. The van der Waals surface area contributed by atoms with E-state index in [-0.39, 0.29) is 25.4 Å². The van der Waals surface area contributed by atoms with Gasteiger partial charge in [0.25, 0.3) is 10.2 Å². The summed E-state index contributed by atoms with van der Waals surface area (Å²) in [6, 6.07) is 0. The molecule has 100 valence electrons. The van der Waals surface area contributed by atoms with Crippen molar-refractivity contribution in [3.05, 3.63) is 0 Å². The zero-order chi connectivity index (χ0) is 13.3. The molecule has 0 aromatic carbocycles. The van der Waals surface area contributed by atoms with Gasteiger partial charge in [-0.25, -0.2) is 5.14 Å². The summed E-state index contributed by atoms with van der Waals surface area (Å²) in [5, 5.41) is 5.01. The van der Waals surface area contributed by atoms with Crippen molar-refractivity contribution < 1.29 is 13.2 Å². The van der Waals surface area contributed by atoms with Crippen LogP contribution in [0.1, 0.15) is 20.3 Å². The minimum absolute atomic E-state index is 0.0495. The van der Waals surface area contributed by atoms with Crippen LogP contribution >= 0.6 is 0 Å². The number of hydrogen-bond donors (Lipinski definition) is 2. The molecule has 0 radical (unpaired) electrons. The molecule has 1 amide bonds. The molecule has 0 saturated carbocycles. The van der Waals surface area contributed by atoms with Crippen molar-refractivity contribution >= 4 is 16.1 Å². The van der Waals surface area contributed by atoms with Crippen molar-refractivity contribution in [3.63, 3.8) is 0 Å². The second kappa shape index (κ2) is 4.89. The van der Waals surface area contributed by atoms with Crippen LogP contribution in [0.15, 0.2) is 0 Å². The monoisotopic (exact) mass is 264 g/mol. The maximum Gasteiger partial charge on any atom is 0.277 e. The number of nitrogens with zero attached hydrogens (tertiary/aromatic N) is 2. The number of carbonyl (C=O) groups is 1. The van der Waals surface area contributed by atoms with Gasteiger partial charge in [0.1, 0.15) is 0 Å². The molecule has 1 heterocycles. The van der Waals surface area contributed by atoms with E-state index in [1.165, 1.54) is 4.31 Å². The first-order valence-electron chi connectivity index (χ1n) is 5.44. The van der Waals surface area contributed by atoms with Crippen molar-refractivity contribution in [1.29, 1.82) is 0 Å². The Bertz CT molecular complexity index is 380. The summed E-state index contributed by atoms with van der Waals surface area (Å²) >= 11 is 0. The molecule has 17 heavy (non-hydrogen) atoms. The summed E-state index contributed by atoms with van der Waals surface area (Å²) in [6.07, 6.45) is 0.252. The number of nitrogens with two attached hydrogens (primary N) is 2. The Hall–Kier alpha value is -0.700. The Morgan fingerprint density at radius 3 is 2.06 bits per heavy atom. The lowest BCUT2D eigenvalue weighted by Gasteiger charge is -2.34. The quantitative estimate of drug-likeness (QED) is 0.643. The molecule has 1 aliphatic rings. The maximum atomic E-state index is 11.8. The van der Waals surface area contributed by atoms with Crippen molar-refractivity contribution in [1.82, 2.24) is 9.21 Å². The van der Waals surface area contributed by atoms with Gasteiger partial charge in [-0.05, 0) is 13.8 Å². The minimum Gasteiger partial charge on any atom is -0.340 e. The van der Waals surface area contributed by atoms with E-state index in [2.05, 4.69) is 0 Å². The fourth-order valence-corrected chi connectivity index (χ4v) is 2.37. The van der Waals surface area contributed by atoms with E-state index in [1.54, 1.807) is 18.7 Å². The second-order valence-electron chi connectivity index (χ2n) is 4.99. The van der Waals surface area contributed by atoms with Gasteiger partial charge in [0.15, 0.2) is 0 Å². The van der Waals surface area contributed by atoms with Gasteiger partial charge in [-0.2, -0.15) is 12.7 Å². The van der Waals surface area contributed by atoms with Crippen LogP contribution in [-0.4, -0.2) is 55.2 Å². The van der Waals surface area contributed by atoms with E-state index < -0.39 is 15.7 Å². The van der Waals surface area contributed by atoms with Crippen molar-refractivity contribution in [2.45, 2.75) is 25.8 Å². The largest absolute Gasteiger partial charge is 0.340 e. The minimum atomic E-state index is -3.64. The molecule has 0 bridgehead atoms. The van der Waals surface area contributed by atoms with Crippen LogP contribution in [0.3, 0.4) is 0 Å². The lowest BCUT2D eigenvalue weighted by atomic mass is 10.0. The highest BCUT2D eigenvalue weighted by atomic mass is 32.2. The summed E-state index contributed by atoms with van der Waals surface area (Å²) in [5.74, 6) is -0.0495. The zero-order valence-corrected chi connectivity index (χ0v) is 11.0. The fourth-order valence-electron chi connectivity index (χ4n) is 1.69. The number of hydrogen-bond acceptors (Lipinski definition) is 4. The first-order valence-corrected chi connectivity index (χ1v) is 6.94. The van der Waals surface area contributed by atoms with Crippen LogP contribution in [0.2, 0.25) is 0 Å². The van der Waals surface area contributed by atoms with Gasteiger partial charge in [0, 0.05) is 38.1 Å². The third kappa shape index (κ3) is 4.58. The van der Waals surface area contributed by atoms with Crippen LogP contribution in [-0.2, 0) is 15.0 Å². The number of amides is 1. The summed E-state index contributed by atoms with van der Waals surface area (Å²) in [6.45, 7) is 4.79. The highest BCUT2D eigenvalue weighted by molar-refractivity contribution is 7.86. The standard InChI is InChI=1S/C9H20N4O3S/c1-9(2,10)7-8(14)12-3-5-13(6-4-12)17(11,15)16/h3-7,10H2,1-2H3,(H2,11,15,16). The fraction of sp³-hybridized carbons (Fsp3) is 0.889. The normalized spacial score (nSPS) is 19.4. The second-order valence-corrected chi connectivity index (χ2v) is 6.54. The Morgan fingerprint density at radius 2 is 1.71 bits per heavy atom. The predicted molar refractivity (Wildman–Crippen MR) is 64.1 cm³/mol. The Morgan fingerprint density at radius 1 is 1.24 bits per heavy atom. The lowest BCUT2D eigenvalue weighted by Crippen LogP contribution is -2.53. The van der Waals surface area contributed by atoms with Crippen molar-refractivity contribution in [3.8, 4) is 0 Å². The van der Waals surface area contributed by atoms with Crippen LogP contribution in [0.4, 0.5) is 0 Å². The maximum absolute atomic E-state index is 11.8. The molecule has 4 N–H and O–H groups in total. The third-order valence-electron chi connectivity index (χ3n) is 2.56. The predicted octanol–water partition coefficient (Wildman–Crippen LogP) is -1.54. The van der Waals surface area contributed by atoms with Gasteiger partial charge >= 0.3 is 0 Å². The van der Waals surface area contributed by atoms with Gasteiger partial charge in [-0.15, -0.1) is 0 Å². The van der Waals surface area contributed by atoms with Gasteiger partial charge in [0.2, 0.25) is 5.91 Å². The molecule has 0 aromatic rings. The summed E-state index contributed by atoms with van der Waals surface area (Å²) in [5.41, 5.74) is 5.22. The molecule has 7 nitrogen and oxygen atoms in total.